The number of nitrogens with zero attached hydrogens (tertiary/aromatic N) is 2. The minimum Gasteiger partial charge on any atom is -0.465 e. The number of halogens is 1. The van der Waals surface area contributed by atoms with Gasteiger partial charge in [-0.05, 0) is 63.2 Å². The van der Waals surface area contributed by atoms with Crippen LogP contribution in [0.25, 0.3) is 0 Å². The Morgan fingerprint density at radius 3 is 1.51 bits per heavy atom. The molecule has 0 aromatic heterocycles. The zero-order chi connectivity index (χ0) is 37.5. The van der Waals surface area contributed by atoms with Crippen molar-refractivity contribution >= 4 is 58.0 Å². The molecule has 3 unspecified atom stereocenters. The molecule has 3 aliphatic heterocycles. The molecule has 49 heavy (non-hydrogen) atoms. The van der Waals surface area contributed by atoms with Gasteiger partial charge in [-0.2, -0.15) is 0 Å². The van der Waals surface area contributed by atoms with Gasteiger partial charge in [0, 0.05) is 42.7 Å². The maximum absolute atomic E-state index is 11.6. The van der Waals surface area contributed by atoms with Crippen molar-refractivity contribution in [2.45, 2.75) is 97.1 Å². The summed E-state index contributed by atoms with van der Waals surface area (Å²) >= 11 is 2.31. The first-order valence-electron chi connectivity index (χ1n) is 17.0. The third-order valence-electron chi connectivity index (χ3n) is 8.39. The van der Waals surface area contributed by atoms with Gasteiger partial charge < -0.3 is 30.8 Å². The molecule has 3 saturated heterocycles. The predicted molar refractivity (Wildman–Crippen MR) is 202 cm³/mol. The molecule has 0 aromatic rings. The van der Waals surface area contributed by atoms with Crippen LogP contribution in [0.15, 0.2) is 50.6 Å². The van der Waals surface area contributed by atoms with Gasteiger partial charge in [0.05, 0.1) is 13.0 Å². The second kappa shape index (κ2) is 25.6. The van der Waals surface area contributed by atoms with Gasteiger partial charge in [-0.15, -0.1) is 26.3 Å². The Kier molecular flexibility index (Phi) is 23.9. The third-order valence-corrected chi connectivity index (χ3v) is 9.64. The van der Waals surface area contributed by atoms with Crippen molar-refractivity contribution in [1.82, 2.24) is 9.80 Å². The van der Waals surface area contributed by atoms with Crippen LogP contribution in [0.4, 0.5) is 0 Å². The number of ketones is 1. The van der Waals surface area contributed by atoms with Crippen molar-refractivity contribution in [2.24, 2.45) is 35.1 Å². The first kappa shape index (κ1) is 45.7. The Balaban J connectivity index is 0.000000642. The average molecular weight is 799 g/mol. The van der Waals surface area contributed by atoms with Gasteiger partial charge >= 0.3 is 5.97 Å². The van der Waals surface area contributed by atoms with Crippen molar-refractivity contribution in [3.63, 3.8) is 0 Å². The first-order valence-corrected chi connectivity index (χ1v) is 18.6. The van der Waals surface area contributed by atoms with E-state index in [0.29, 0.717) is 81.9 Å². The van der Waals surface area contributed by atoms with Gasteiger partial charge in [-0.1, -0.05) is 60.7 Å². The van der Waals surface area contributed by atoms with Gasteiger partial charge in [0.25, 0.3) is 0 Å². The molecule has 0 spiro atoms. The second-order valence-corrected chi connectivity index (χ2v) is 13.5. The third kappa shape index (κ3) is 17.8. The molecule has 3 fully saturated rings. The zero-order valence-electron chi connectivity index (χ0n) is 29.8. The van der Waals surface area contributed by atoms with Crippen LogP contribution in [0, 0.1) is 23.7 Å². The lowest BCUT2D eigenvalue weighted by molar-refractivity contribution is -0.138. The molecule has 276 valence electrons. The lowest BCUT2D eigenvalue weighted by Gasteiger charge is -2.24. The highest BCUT2D eigenvalue weighted by Crippen LogP contribution is 2.25. The SMILES string of the molecule is C=CCC(CI)CC(C)=O.C=CCC1CC(=O)N([C@@H](CC)C(N)=O)C1.C=CCC1COC(=O)C1.C=CC[C@@H]1CC(=O)N([C@@H](CC)C(N)=O)C1. The van der Waals surface area contributed by atoms with Gasteiger partial charge in [0.2, 0.25) is 23.6 Å². The number of carbonyl (C=O) groups excluding carboxylic acids is 6. The summed E-state index contributed by atoms with van der Waals surface area (Å²) in [6, 6.07) is -0.875. The summed E-state index contributed by atoms with van der Waals surface area (Å²) in [5.74, 6) is 0.956. The van der Waals surface area contributed by atoms with Gasteiger partial charge in [-0.25, -0.2) is 0 Å². The molecule has 11 nitrogen and oxygen atoms in total. The Bertz CT molecular complexity index is 1090. The van der Waals surface area contributed by atoms with Crippen molar-refractivity contribution in [1.29, 1.82) is 0 Å². The topological polar surface area (TPSA) is 170 Å². The van der Waals surface area contributed by atoms with E-state index in [1.54, 1.807) is 16.7 Å². The second-order valence-electron chi connectivity index (χ2n) is 12.7. The highest BCUT2D eigenvalue weighted by atomic mass is 127. The number of nitrogens with two attached hydrogens (primary N) is 2. The number of hydrogen-bond donors (Lipinski definition) is 2. The number of amides is 4. The molecule has 3 heterocycles. The number of rotatable bonds is 17. The van der Waals surface area contributed by atoms with E-state index in [-0.39, 0.29) is 23.6 Å². The molecule has 6 atom stereocenters. The van der Waals surface area contributed by atoms with Crippen LogP contribution in [-0.2, 0) is 33.5 Å². The number of hydrogen-bond acceptors (Lipinski definition) is 7. The molecule has 3 rings (SSSR count). The number of primary amides is 2. The molecule has 0 aliphatic carbocycles. The van der Waals surface area contributed by atoms with Gasteiger partial charge in [0.15, 0.2) is 0 Å². The van der Waals surface area contributed by atoms with Crippen LogP contribution in [-0.4, -0.2) is 81.4 Å². The Labute approximate surface area is 307 Å². The maximum Gasteiger partial charge on any atom is 0.306 e. The Morgan fingerprint density at radius 1 is 0.796 bits per heavy atom. The van der Waals surface area contributed by atoms with Crippen molar-refractivity contribution in [3.8, 4) is 0 Å². The Hall–Kier alpha value is -3.29. The van der Waals surface area contributed by atoms with E-state index in [4.69, 9.17) is 16.2 Å². The molecule has 0 radical (unpaired) electrons. The summed E-state index contributed by atoms with van der Waals surface area (Å²) in [7, 11) is 0. The molecule has 3 aliphatic rings. The number of esters is 1. The molecule has 12 heteroatoms. The highest BCUT2D eigenvalue weighted by Gasteiger charge is 2.36. The fourth-order valence-electron chi connectivity index (χ4n) is 5.95. The number of allylic oxidation sites excluding steroid dienone is 4. The van der Waals surface area contributed by atoms with Crippen LogP contribution in [0.3, 0.4) is 0 Å². The van der Waals surface area contributed by atoms with Crippen molar-refractivity contribution < 1.29 is 33.5 Å². The largest absolute Gasteiger partial charge is 0.465 e. The van der Waals surface area contributed by atoms with Gasteiger partial charge in [-0.3, -0.25) is 24.0 Å². The molecular formula is C37H59IN4O7. The number of likely N-dealkylation sites (tertiary alicyclic amines) is 2. The summed E-state index contributed by atoms with van der Waals surface area (Å²) in [6.45, 7) is 21.8. The lowest BCUT2D eigenvalue weighted by atomic mass is 10.0. The fraction of sp³-hybridized carbons (Fsp3) is 0.622. The summed E-state index contributed by atoms with van der Waals surface area (Å²) in [5.41, 5.74) is 10.5. The molecule has 0 bridgehead atoms. The number of Topliss-reactive ketones (excluding diaryl/α,β-unsaturated/α-hetero) is 1. The van der Waals surface area contributed by atoms with Crippen LogP contribution in [0.5, 0.6) is 0 Å². The molecule has 0 saturated carbocycles. The normalized spacial score (nSPS) is 21.3. The lowest BCUT2D eigenvalue weighted by Crippen LogP contribution is -2.45. The number of ether oxygens (including phenoxy) is 1. The average Bonchev–Trinajstić information content (AvgIpc) is 3.72. The number of cyclic esters (lactones) is 1. The number of carbonyl (C=O) groups is 6. The van der Waals surface area contributed by atoms with E-state index in [1.165, 1.54) is 0 Å². The van der Waals surface area contributed by atoms with E-state index in [0.717, 1.165) is 30.1 Å². The molecular weight excluding hydrogens is 739 g/mol. The highest BCUT2D eigenvalue weighted by molar-refractivity contribution is 14.1. The molecule has 4 amide bonds. The first-order chi connectivity index (χ1) is 23.2. The fourth-order valence-corrected chi connectivity index (χ4v) is 6.62. The Morgan fingerprint density at radius 2 is 1.22 bits per heavy atom. The number of alkyl halides is 1. The smallest absolute Gasteiger partial charge is 0.306 e. The predicted octanol–water partition coefficient (Wildman–Crippen LogP) is 5.07. The summed E-state index contributed by atoms with van der Waals surface area (Å²) in [6.07, 6.45) is 14.3. The summed E-state index contributed by atoms with van der Waals surface area (Å²) in [4.78, 5) is 69.9. The minimum atomic E-state index is -0.438. The van der Waals surface area contributed by atoms with Crippen LogP contribution >= 0.6 is 22.6 Å². The van der Waals surface area contributed by atoms with Crippen LogP contribution < -0.4 is 11.5 Å². The molecule has 0 aromatic carbocycles. The van der Waals surface area contributed by atoms with Crippen LogP contribution in [0.2, 0.25) is 0 Å². The van der Waals surface area contributed by atoms with Gasteiger partial charge in [0.1, 0.15) is 17.9 Å². The minimum absolute atomic E-state index is 0.0347. The van der Waals surface area contributed by atoms with Crippen molar-refractivity contribution in [2.75, 3.05) is 24.1 Å². The van der Waals surface area contributed by atoms with E-state index in [9.17, 15) is 28.8 Å². The van der Waals surface area contributed by atoms with E-state index >= 15 is 0 Å². The quantitative estimate of drug-likeness (QED) is 0.0896. The standard InChI is InChI=1S/2C11H18N2O2.C8H13IO.C7H10O2/c2*1-3-5-8-6-10(14)13(7-8)9(4-2)11(12)15;1-3-4-8(6-9)5-7(2)10;1-2-3-6-4-7(8)9-5-6/h2*3,8-9H,1,4-7H2,2H3,(H2,12,15);3,8H,1,4-6H2,2H3;2,6H,1,3-5H2/t8?,9-;8-,9+;;/m01../s1. The molecule has 4 N–H and O–H groups in total. The maximum atomic E-state index is 11.6. The zero-order valence-corrected chi connectivity index (χ0v) is 31.9. The van der Waals surface area contributed by atoms with E-state index in [2.05, 4.69) is 48.9 Å². The van der Waals surface area contributed by atoms with Crippen LogP contribution in [0.1, 0.15) is 85.0 Å². The van der Waals surface area contributed by atoms with E-state index < -0.39 is 23.9 Å². The summed E-state index contributed by atoms with van der Waals surface area (Å²) in [5, 5.41) is 0. The summed E-state index contributed by atoms with van der Waals surface area (Å²) < 4.78 is 5.78. The van der Waals surface area contributed by atoms with E-state index in [1.807, 2.05) is 38.2 Å². The van der Waals surface area contributed by atoms with Crippen molar-refractivity contribution in [3.05, 3.63) is 50.6 Å². The monoisotopic (exact) mass is 798 g/mol.